The first-order chi connectivity index (χ1) is 13.6. The predicted molar refractivity (Wildman–Crippen MR) is 109 cm³/mol. The lowest BCUT2D eigenvalue weighted by Crippen LogP contribution is -2.50. The van der Waals surface area contributed by atoms with Crippen LogP contribution in [0.5, 0.6) is 0 Å². The maximum atomic E-state index is 12.8. The Kier molecular flexibility index (Phi) is 5.17. The SMILES string of the molecule is O=C(c1ccc(-n2cccc2)cc1)N1CCN(C(=O)c2ccccc2Cl)CC1. The van der Waals surface area contributed by atoms with Crippen molar-refractivity contribution in [3.63, 3.8) is 0 Å². The lowest BCUT2D eigenvalue weighted by atomic mass is 10.1. The zero-order valence-electron chi connectivity index (χ0n) is 15.3. The molecule has 2 heterocycles. The van der Waals surface area contributed by atoms with E-state index in [0.717, 1.165) is 5.69 Å². The lowest BCUT2D eigenvalue weighted by Gasteiger charge is -2.35. The van der Waals surface area contributed by atoms with Crippen molar-refractivity contribution in [1.29, 1.82) is 0 Å². The van der Waals surface area contributed by atoms with Crippen molar-refractivity contribution in [2.24, 2.45) is 0 Å². The number of carbonyl (C=O) groups is 2. The Balaban J connectivity index is 1.39. The largest absolute Gasteiger partial charge is 0.335 e. The van der Waals surface area contributed by atoms with Crippen LogP contribution in [0.2, 0.25) is 5.02 Å². The van der Waals surface area contributed by atoms with Crippen LogP contribution in [-0.4, -0.2) is 52.4 Å². The molecule has 28 heavy (non-hydrogen) atoms. The first kappa shape index (κ1) is 18.3. The van der Waals surface area contributed by atoms with Gasteiger partial charge in [-0.3, -0.25) is 9.59 Å². The third kappa shape index (κ3) is 3.66. The van der Waals surface area contributed by atoms with E-state index < -0.39 is 0 Å². The number of rotatable bonds is 3. The van der Waals surface area contributed by atoms with Gasteiger partial charge < -0.3 is 14.4 Å². The van der Waals surface area contributed by atoms with E-state index in [0.29, 0.717) is 42.3 Å². The maximum absolute atomic E-state index is 12.8. The van der Waals surface area contributed by atoms with Crippen LogP contribution in [0.25, 0.3) is 5.69 Å². The summed E-state index contributed by atoms with van der Waals surface area (Å²) in [7, 11) is 0. The number of halogens is 1. The van der Waals surface area contributed by atoms with Gasteiger partial charge in [-0.25, -0.2) is 0 Å². The number of hydrogen-bond acceptors (Lipinski definition) is 2. The number of benzene rings is 2. The van der Waals surface area contributed by atoms with Gasteiger partial charge in [-0.15, -0.1) is 0 Å². The molecule has 0 unspecified atom stereocenters. The molecule has 2 amide bonds. The highest BCUT2D eigenvalue weighted by Gasteiger charge is 2.26. The molecule has 4 rings (SSSR count). The quantitative estimate of drug-likeness (QED) is 0.680. The highest BCUT2D eigenvalue weighted by atomic mass is 35.5. The van der Waals surface area contributed by atoms with Crippen LogP contribution in [0, 0.1) is 0 Å². The van der Waals surface area contributed by atoms with Gasteiger partial charge in [0.25, 0.3) is 11.8 Å². The van der Waals surface area contributed by atoms with E-state index in [-0.39, 0.29) is 11.8 Å². The number of aromatic nitrogens is 1. The third-order valence-corrected chi connectivity index (χ3v) is 5.30. The van der Waals surface area contributed by atoms with E-state index >= 15 is 0 Å². The standard InChI is InChI=1S/C22H20ClN3O2/c23-20-6-2-1-5-19(20)22(28)26-15-13-25(14-16-26)21(27)17-7-9-18(10-8-17)24-11-3-4-12-24/h1-12H,13-16H2. The van der Waals surface area contributed by atoms with E-state index in [1.807, 2.05) is 53.4 Å². The Morgan fingerprint density at radius 1 is 0.714 bits per heavy atom. The van der Waals surface area contributed by atoms with Gasteiger partial charge in [-0.05, 0) is 48.5 Å². The van der Waals surface area contributed by atoms with Crippen molar-refractivity contribution in [3.8, 4) is 5.69 Å². The highest BCUT2D eigenvalue weighted by molar-refractivity contribution is 6.33. The second kappa shape index (κ2) is 7.90. The average Bonchev–Trinajstić information content (AvgIpc) is 3.28. The van der Waals surface area contributed by atoms with Crippen molar-refractivity contribution in [2.75, 3.05) is 26.2 Å². The second-order valence-corrected chi connectivity index (χ2v) is 7.11. The molecule has 0 saturated carbocycles. The first-order valence-corrected chi connectivity index (χ1v) is 9.58. The molecule has 0 aliphatic carbocycles. The van der Waals surface area contributed by atoms with Gasteiger partial charge >= 0.3 is 0 Å². The number of carbonyl (C=O) groups excluding carboxylic acids is 2. The Morgan fingerprint density at radius 3 is 1.89 bits per heavy atom. The van der Waals surface area contributed by atoms with Gasteiger partial charge in [-0.1, -0.05) is 23.7 Å². The Bertz CT molecular complexity index is 975. The molecule has 0 atom stereocenters. The molecule has 0 spiro atoms. The summed E-state index contributed by atoms with van der Waals surface area (Å²) in [6.45, 7) is 2.01. The van der Waals surface area contributed by atoms with E-state index in [9.17, 15) is 9.59 Å². The fourth-order valence-corrected chi connectivity index (χ4v) is 3.60. The molecule has 0 radical (unpaired) electrons. The van der Waals surface area contributed by atoms with E-state index in [1.165, 1.54) is 0 Å². The fraction of sp³-hybridized carbons (Fsp3) is 0.182. The normalized spacial score (nSPS) is 14.2. The summed E-state index contributed by atoms with van der Waals surface area (Å²) in [6.07, 6.45) is 3.93. The summed E-state index contributed by atoms with van der Waals surface area (Å²) in [5, 5.41) is 0.453. The minimum absolute atomic E-state index is 0.0103. The number of nitrogens with zero attached hydrogens (tertiary/aromatic N) is 3. The van der Waals surface area contributed by atoms with Gasteiger partial charge in [0.05, 0.1) is 10.6 Å². The Morgan fingerprint density at radius 2 is 1.29 bits per heavy atom. The average molecular weight is 394 g/mol. The molecule has 0 bridgehead atoms. The van der Waals surface area contributed by atoms with Crippen molar-refractivity contribution >= 4 is 23.4 Å². The Hall–Kier alpha value is -3.05. The van der Waals surface area contributed by atoms with E-state index in [1.54, 1.807) is 34.1 Å². The summed E-state index contributed by atoms with van der Waals surface area (Å²) in [5.41, 5.74) is 2.17. The second-order valence-electron chi connectivity index (χ2n) is 6.70. The smallest absolute Gasteiger partial charge is 0.255 e. The number of amides is 2. The van der Waals surface area contributed by atoms with Crippen LogP contribution in [0.4, 0.5) is 0 Å². The molecule has 5 nitrogen and oxygen atoms in total. The highest BCUT2D eigenvalue weighted by Crippen LogP contribution is 2.19. The predicted octanol–water partition coefficient (Wildman–Crippen LogP) is 3.73. The zero-order chi connectivity index (χ0) is 19.5. The minimum atomic E-state index is -0.0891. The van der Waals surface area contributed by atoms with Crippen LogP contribution in [0.3, 0.4) is 0 Å². The topological polar surface area (TPSA) is 45.6 Å². The lowest BCUT2D eigenvalue weighted by molar-refractivity contribution is 0.0535. The van der Waals surface area contributed by atoms with E-state index in [2.05, 4.69) is 0 Å². The molecule has 6 heteroatoms. The summed E-state index contributed by atoms with van der Waals surface area (Å²) in [5.74, 6) is -0.0994. The van der Waals surface area contributed by atoms with Gasteiger partial charge in [-0.2, -0.15) is 0 Å². The van der Waals surface area contributed by atoms with Gasteiger partial charge in [0.1, 0.15) is 0 Å². The minimum Gasteiger partial charge on any atom is -0.335 e. The maximum Gasteiger partial charge on any atom is 0.255 e. The summed E-state index contributed by atoms with van der Waals surface area (Å²) >= 11 is 6.13. The van der Waals surface area contributed by atoms with Crippen LogP contribution in [-0.2, 0) is 0 Å². The van der Waals surface area contributed by atoms with Gasteiger partial charge in [0, 0.05) is 49.8 Å². The van der Waals surface area contributed by atoms with Crippen LogP contribution >= 0.6 is 11.6 Å². The summed E-state index contributed by atoms with van der Waals surface area (Å²) < 4.78 is 1.99. The van der Waals surface area contributed by atoms with Crippen molar-refractivity contribution in [1.82, 2.24) is 14.4 Å². The van der Waals surface area contributed by atoms with Crippen LogP contribution in [0.15, 0.2) is 73.1 Å². The summed E-state index contributed by atoms with van der Waals surface area (Å²) in [4.78, 5) is 29.0. The van der Waals surface area contributed by atoms with Crippen LogP contribution in [0.1, 0.15) is 20.7 Å². The number of piperazine rings is 1. The van der Waals surface area contributed by atoms with Crippen molar-refractivity contribution in [3.05, 3.63) is 89.2 Å². The molecule has 1 aliphatic rings. The molecule has 1 aromatic heterocycles. The van der Waals surface area contributed by atoms with Gasteiger partial charge in [0.2, 0.25) is 0 Å². The molecule has 142 valence electrons. The molecule has 3 aromatic rings. The first-order valence-electron chi connectivity index (χ1n) is 9.20. The number of hydrogen-bond donors (Lipinski definition) is 0. The molecule has 1 fully saturated rings. The van der Waals surface area contributed by atoms with E-state index in [4.69, 9.17) is 11.6 Å². The fourth-order valence-electron chi connectivity index (χ4n) is 3.38. The Labute approximate surface area is 168 Å². The van der Waals surface area contributed by atoms with Crippen LogP contribution < -0.4 is 0 Å². The zero-order valence-corrected chi connectivity index (χ0v) is 16.0. The molecule has 1 aliphatic heterocycles. The molecular weight excluding hydrogens is 374 g/mol. The molecular formula is C22H20ClN3O2. The monoisotopic (exact) mass is 393 g/mol. The summed E-state index contributed by atoms with van der Waals surface area (Å²) in [6, 6.07) is 18.5. The molecule has 0 N–H and O–H groups in total. The van der Waals surface area contributed by atoms with Crippen molar-refractivity contribution in [2.45, 2.75) is 0 Å². The molecule has 1 saturated heterocycles. The van der Waals surface area contributed by atoms with Crippen molar-refractivity contribution < 1.29 is 9.59 Å². The third-order valence-electron chi connectivity index (χ3n) is 4.98. The molecule has 2 aromatic carbocycles. The van der Waals surface area contributed by atoms with Gasteiger partial charge in [0.15, 0.2) is 0 Å².